The fraction of sp³-hybridized carbons (Fsp3) is 0.267. The molecule has 1 atom stereocenters. The van der Waals surface area contributed by atoms with Crippen LogP contribution in [0.2, 0.25) is 5.02 Å². The van der Waals surface area contributed by atoms with E-state index in [0.29, 0.717) is 23.7 Å². The summed E-state index contributed by atoms with van der Waals surface area (Å²) in [5.41, 5.74) is 7.69. The molecule has 1 amide bonds. The van der Waals surface area contributed by atoms with Crippen molar-refractivity contribution in [1.29, 1.82) is 0 Å². The Bertz CT molecular complexity index is 580. The van der Waals surface area contributed by atoms with Gasteiger partial charge in [-0.3, -0.25) is 4.79 Å². The molecule has 0 saturated carbocycles. The van der Waals surface area contributed by atoms with Crippen molar-refractivity contribution >= 4 is 17.5 Å². The molecule has 106 valence electrons. The van der Waals surface area contributed by atoms with Crippen LogP contribution in [0.15, 0.2) is 42.6 Å². The first-order valence-corrected chi connectivity index (χ1v) is 6.86. The summed E-state index contributed by atoms with van der Waals surface area (Å²) in [6.07, 6.45) is 2.39. The lowest BCUT2D eigenvalue weighted by atomic mass is 10.1. The lowest BCUT2D eigenvalue weighted by Gasteiger charge is -2.12. The Hall–Kier alpha value is -1.78. The number of aryl methyl sites for hydroxylation is 1. The summed E-state index contributed by atoms with van der Waals surface area (Å²) >= 11 is 5.85. The number of nitrogens with two attached hydrogens (primary N) is 1. The van der Waals surface area contributed by atoms with Crippen molar-refractivity contribution in [3.63, 3.8) is 0 Å². The topological polar surface area (TPSA) is 60.0 Å². The molecule has 3 N–H and O–H groups in total. The third-order valence-electron chi connectivity index (χ3n) is 3.17. The molecule has 0 bridgehead atoms. The van der Waals surface area contributed by atoms with Crippen LogP contribution in [0.1, 0.15) is 28.5 Å². The molecule has 0 fully saturated rings. The van der Waals surface area contributed by atoms with Gasteiger partial charge in [-0.25, -0.2) is 0 Å². The first kappa shape index (κ1) is 14.6. The highest BCUT2D eigenvalue weighted by Gasteiger charge is 2.11. The molecule has 5 heteroatoms. The number of carbonyl (C=O) groups is 1. The van der Waals surface area contributed by atoms with Gasteiger partial charge in [-0.2, -0.15) is 0 Å². The summed E-state index contributed by atoms with van der Waals surface area (Å²) in [7, 11) is 1.79. The third-order valence-corrected chi connectivity index (χ3v) is 3.38. The zero-order valence-corrected chi connectivity index (χ0v) is 12.1. The number of nitrogens with zero attached hydrogens (tertiary/aromatic N) is 1. The van der Waals surface area contributed by atoms with E-state index in [1.54, 1.807) is 23.9 Å². The summed E-state index contributed by atoms with van der Waals surface area (Å²) < 4.78 is 1.70. The van der Waals surface area contributed by atoms with E-state index in [1.165, 1.54) is 0 Å². The minimum Gasteiger partial charge on any atom is -0.351 e. The normalized spacial score (nSPS) is 12.2. The first-order chi connectivity index (χ1) is 9.58. The molecule has 2 rings (SSSR count). The van der Waals surface area contributed by atoms with E-state index < -0.39 is 0 Å². The lowest BCUT2D eigenvalue weighted by Crippen LogP contribution is -2.28. The number of aromatic nitrogens is 1. The number of rotatable bonds is 5. The Morgan fingerprint density at radius 3 is 2.70 bits per heavy atom. The van der Waals surface area contributed by atoms with Crippen molar-refractivity contribution < 1.29 is 4.79 Å². The van der Waals surface area contributed by atoms with E-state index in [0.717, 1.165) is 5.56 Å². The monoisotopic (exact) mass is 291 g/mol. The van der Waals surface area contributed by atoms with Crippen molar-refractivity contribution in [2.45, 2.75) is 12.5 Å². The highest BCUT2D eigenvalue weighted by molar-refractivity contribution is 6.31. The molecule has 2 aromatic rings. The van der Waals surface area contributed by atoms with Gasteiger partial charge in [0, 0.05) is 25.8 Å². The average Bonchev–Trinajstić information content (AvgIpc) is 2.78. The number of halogens is 1. The van der Waals surface area contributed by atoms with E-state index in [2.05, 4.69) is 5.32 Å². The van der Waals surface area contributed by atoms with E-state index in [4.69, 9.17) is 17.3 Å². The second-order valence-corrected chi connectivity index (χ2v) is 5.15. The van der Waals surface area contributed by atoms with Gasteiger partial charge in [-0.05, 0) is 18.1 Å². The number of amides is 1. The van der Waals surface area contributed by atoms with Gasteiger partial charge in [-0.1, -0.05) is 41.9 Å². The summed E-state index contributed by atoms with van der Waals surface area (Å²) in [6, 6.07) is 11.4. The summed E-state index contributed by atoms with van der Waals surface area (Å²) in [4.78, 5) is 12.0. The molecule has 0 aliphatic rings. The van der Waals surface area contributed by atoms with Crippen molar-refractivity contribution in [3.8, 4) is 0 Å². The smallest absolute Gasteiger partial charge is 0.267 e. The van der Waals surface area contributed by atoms with Crippen molar-refractivity contribution in [2.75, 3.05) is 6.54 Å². The molecule has 20 heavy (non-hydrogen) atoms. The van der Waals surface area contributed by atoms with Gasteiger partial charge in [0.25, 0.3) is 5.91 Å². The van der Waals surface area contributed by atoms with Gasteiger partial charge < -0.3 is 15.6 Å². The molecule has 1 aromatic heterocycles. The van der Waals surface area contributed by atoms with Crippen LogP contribution in [0.3, 0.4) is 0 Å². The first-order valence-electron chi connectivity index (χ1n) is 6.48. The fourth-order valence-electron chi connectivity index (χ4n) is 2.05. The third kappa shape index (κ3) is 3.62. The average molecular weight is 292 g/mol. The maximum atomic E-state index is 12.0. The minimum absolute atomic E-state index is 0.0755. The van der Waals surface area contributed by atoms with Crippen LogP contribution in [0.4, 0.5) is 0 Å². The zero-order valence-electron chi connectivity index (χ0n) is 11.3. The molecule has 0 spiro atoms. The number of nitrogens with one attached hydrogen (secondary N) is 1. The number of carbonyl (C=O) groups excluding carboxylic acids is 1. The van der Waals surface area contributed by atoms with E-state index >= 15 is 0 Å². The molecule has 0 aliphatic heterocycles. The summed E-state index contributed by atoms with van der Waals surface area (Å²) in [5, 5.41) is 3.41. The number of benzene rings is 1. The van der Waals surface area contributed by atoms with E-state index in [-0.39, 0.29) is 11.9 Å². The number of hydrogen-bond acceptors (Lipinski definition) is 2. The van der Waals surface area contributed by atoms with Crippen LogP contribution < -0.4 is 11.1 Å². The molecule has 1 heterocycles. The van der Waals surface area contributed by atoms with Crippen molar-refractivity contribution in [1.82, 2.24) is 9.88 Å². The SMILES string of the molecule is Cn1cc(Cl)cc1C(=O)NCCC(N)c1ccccc1. The van der Waals surface area contributed by atoms with Crippen molar-refractivity contribution in [2.24, 2.45) is 12.8 Å². The highest BCUT2D eigenvalue weighted by Crippen LogP contribution is 2.14. The maximum absolute atomic E-state index is 12.0. The summed E-state index contributed by atoms with van der Waals surface area (Å²) in [6.45, 7) is 0.525. The van der Waals surface area contributed by atoms with Crippen LogP contribution in [-0.2, 0) is 7.05 Å². The molecule has 0 saturated heterocycles. The molecule has 1 unspecified atom stereocenters. The predicted octanol–water partition coefficient (Wildman–Crippen LogP) is 2.50. The van der Waals surface area contributed by atoms with Crippen LogP contribution in [0.25, 0.3) is 0 Å². The van der Waals surface area contributed by atoms with Gasteiger partial charge in [0.05, 0.1) is 5.02 Å². The Balaban J connectivity index is 1.84. The Labute approximate surface area is 123 Å². The molecular weight excluding hydrogens is 274 g/mol. The molecule has 0 aliphatic carbocycles. The minimum atomic E-state index is -0.139. The fourth-order valence-corrected chi connectivity index (χ4v) is 2.30. The second-order valence-electron chi connectivity index (χ2n) is 4.72. The zero-order chi connectivity index (χ0) is 14.5. The standard InChI is InChI=1S/C15H18ClN3O/c1-19-10-12(16)9-14(19)15(20)18-8-7-13(17)11-5-3-2-4-6-11/h2-6,9-10,13H,7-8,17H2,1H3,(H,18,20). The largest absolute Gasteiger partial charge is 0.351 e. The Morgan fingerprint density at radius 2 is 2.10 bits per heavy atom. The van der Waals surface area contributed by atoms with Gasteiger partial charge in [0.1, 0.15) is 5.69 Å². The van der Waals surface area contributed by atoms with Gasteiger partial charge in [0.15, 0.2) is 0 Å². The Kier molecular flexibility index (Phi) is 4.82. The van der Waals surface area contributed by atoms with Gasteiger partial charge >= 0.3 is 0 Å². The molecule has 0 radical (unpaired) electrons. The highest BCUT2D eigenvalue weighted by atomic mass is 35.5. The lowest BCUT2D eigenvalue weighted by molar-refractivity contribution is 0.0944. The van der Waals surface area contributed by atoms with E-state index in [1.807, 2.05) is 30.3 Å². The molecular formula is C15H18ClN3O. The quantitative estimate of drug-likeness (QED) is 0.889. The predicted molar refractivity (Wildman–Crippen MR) is 80.7 cm³/mol. The summed E-state index contributed by atoms with van der Waals surface area (Å²) in [5.74, 6) is -0.139. The maximum Gasteiger partial charge on any atom is 0.267 e. The van der Waals surface area contributed by atoms with Crippen LogP contribution >= 0.6 is 11.6 Å². The van der Waals surface area contributed by atoms with Crippen LogP contribution in [0.5, 0.6) is 0 Å². The van der Waals surface area contributed by atoms with E-state index in [9.17, 15) is 4.79 Å². The second kappa shape index (κ2) is 6.59. The van der Waals surface area contributed by atoms with Crippen molar-refractivity contribution in [3.05, 3.63) is 58.9 Å². The van der Waals surface area contributed by atoms with Crippen LogP contribution in [-0.4, -0.2) is 17.0 Å². The number of hydrogen-bond donors (Lipinski definition) is 2. The van der Waals surface area contributed by atoms with Crippen LogP contribution in [0, 0.1) is 0 Å². The molecule has 4 nitrogen and oxygen atoms in total. The molecule has 1 aromatic carbocycles. The van der Waals surface area contributed by atoms with Gasteiger partial charge in [0.2, 0.25) is 0 Å². The van der Waals surface area contributed by atoms with Gasteiger partial charge in [-0.15, -0.1) is 0 Å². The Morgan fingerprint density at radius 1 is 1.40 bits per heavy atom.